The zero-order valence-corrected chi connectivity index (χ0v) is 8.11. The lowest BCUT2D eigenvalue weighted by Crippen LogP contribution is -2.32. The summed E-state index contributed by atoms with van der Waals surface area (Å²) in [5.74, 6) is -4.86. The molecule has 0 nitrogen and oxygen atoms in total. The minimum absolute atomic E-state index is 0.0708. The fraction of sp³-hybridized carbons (Fsp3) is 0.429. The van der Waals surface area contributed by atoms with Crippen LogP contribution in [-0.4, -0.2) is 6.18 Å². The van der Waals surface area contributed by atoms with E-state index in [-0.39, 0.29) is 10.8 Å². The van der Waals surface area contributed by atoms with Gasteiger partial charge in [0.25, 0.3) is 0 Å². The van der Waals surface area contributed by atoms with Crippen LogP contribution in [0.3, 0.4) is 0 Å². The molecule has 7 heteroatoms. The maximum atomic E-state index is 12.7. The van der Waals surface area contributed by atoms with Crippen molar-refractivity contribution < 1.29 is 22.0 Å². The van der Waals surface area contributed by atoms with Gasteiger partial charge in [-0.2, -0.15) is 22.0 Å². The van der Waals surface area contributed by atoms with Crippen LogP contribution < -0.4 is 0 Å². The number of thiophene rings is 1. The lowest BCUT2D eigenvalue weighted by molar-refractivity contribution is -0.287. The summed E-state index contributed by atoms with van der Waals surface area (Å²) < 4.78 is 60.9. The zero-order chi connectivity index (χ0) is 11.0. The molecule has 1 aromatic heterocycles. The molecule has 0 unspecified atom stereocenters. The Morgan fingerprint density at radius 3 is 2.07 bits per heavy atom. The van der Waals surface area contributed by atoms with E-state index < -0.39 is 17.0 Å². The molecule has 0 aliphatic carbocycles. The van der Waals surface area contributed by atoms with Crippen LogP contribution in [0.2, 0.25) is 0 Å². The average Bonchev–Trinajstić information content (AvgIpc) is 2.49. The van der Waals surface area contributed by atoms with Gasteiger partial charge in [-0.15, -0.1) is 22.9 Å². The Labute approximate surface area is 85.3 Å². The molecule has 80 valence electrons. The van der Waals surface area contributed by atoms with E-state index in [1.54, 1.807) is 0 Å². The minimum atomic E-state index is -5.55. The maximum absolute atomic E-state index is 12.7. The van der Waals surface area contributed by atoms with Crippen LogP contribution in [0.4, 0.5) is 22.0 Å². The van der Waals surface area contributed by atoms with Crippen molar-refractivity contribution in [1.29, 1.82) is 0 Å². The molecule has 0 radical (unpaired) electrons. The van der Waals surface area contributed by atoms with E-state index in [1.807, 2.05) is 0 Å². The fourth-order valence-corrected chi connectivity index (χ4v) is 1.86. The van der Waals surface area contributed by atoms with Crippen LogP contribution in [0.15, 0.2) is 12.1 Å². The van der Waals surface area contributed by atoms with Crippen LogP contribution in [0.1, 0.15) is 9.75 Å². The van der Waals surface area contributed by atoms with Gasteiger partial charge in [-0.25, -0.2) is 0 Å². The molecule has 1 heterocycles. The summed E-state index contributed by atoms with van der Waals surface area (Å²) in [6.45, 7) is 0. The highest BCUT2D eigenvalue weighted by molar-refractivity contribution is 7.12. The molecule has 0 atom stereocenters. The molecule has 0 spiro atoms. The van der Waals surface area contributed by atoms with Gasteiger partial charge in [-0.05, 0) is 12.1 Å². The van der Waals surface area contributed by atoms with Gasteiger partial charge in [0.1, 0.15) is 0 Å². The van der Waals surface area contributed by atoms with E-state index in [1.165, 1.54) is 0 Å². The van der Waals surface area contributed by atoms with Crippen molar-refractivity contribution in [3.63, 3.8) is 0 Å². The monoisotopic (exact) mass is 250 g/mol. The standard InChI is InChI=1S/C7H4ClF5S/c8-3-4-1-2-5(14-4)6(9,10)7(11,12)13/h1-2H,3H2. The molecule has 0 aliphatic heterocycles. The highest BCUT2D eigenvalue weighted by atomic mass is 35.5. The van der Waals surface area contributed by atoms with Crippen molar-refractivity contribution in [2.24, 2.45) is 0 Å². The Balaban J connectivity index is 3.04. The van der Waals surface area contributed by atoms with Gasteiger partial charge in [0, 0.05) is 4.88 Å². The predicted molar refractivity (Wildman–Crippen MR) is 43.8 cm³/mol. The molecule has 0 amide bonds. The summed E-state index contributed by atoms with van der Waals surface area (Å²) in [4.78, 5) is -0.744. The molecule has 0 aromatic carbocycles. The first kappa shape index (κ1) is 11.7. The van der Waals surface area contributed by atoms with E-state index in [0.29, 0.717) is 11.3 Å². The molecular formula is C7H4ClF5S. The first-order valence-corrected chi connectivity index (χ1v) is 4.74. The van der Waals surface area contributed by atoms with Crippen LogP contribution in [-0.2, 0) is 11.8 Å². The Bertz CT molecular complexity index is 316. The quantitative estimate of drug-likeness (QED) is 0.547. The van der Waals surface area contributed by atoms with E-state index in [9.17, 15) is 22.0 Å². The van der Waals surface area contributed by atoms with Crippen LogP contribution in [0, 0.1) is 0 Å². The van der Waals surface area contributed by atoms with E-state index in [4.69, 9.17) is 11.6 Å². The number of rotatable bonds is 2. The van der Waals surface area contributed by atoms with Gasteiger partial charge in [0.15, 0.2) is 0 Å². The number of hydrogen-bond donors (Lipinski definition) is 0. The SMILES string of the molecule is FC(F)(F)C(F)(F)c1ccc(CCl)s1. The molecule has 0 bridgehead atoms. The first-order valence-electron chi connectivity index (χ1n) is 3.38. The lowest BCUT2D eigenvalue weighted by Gasteiger charge is -2.17. The first-order chi connectivity index (χ1) is 6.29. The molecule has 1 aromatic rings. The minimum Gasteiger partial charge on any atom is -0.190 e. The third-order valence-electron chi connectivity index (χ3n) is 1.46. The molecule has 1 rings (SSSR count). The normalized spacial score (nSPS) is 13.3. The summed E-state index contributed by atoms with van der Waals surface area (Å²) in [6.07, 6.45) is -5.55. The largest absolute Gasteiger partial charge is 0.458 e. The second-order valence-electron chi connectivity index (χ2n) is 2.47. The highest BCUT2D eigenvalue weighted by Crippen LogP contribution is 2.46. The van der Waals surface area contributed by atoms with Crippen molar-refractivity contribution in [3.8, 4) is 0 Å². The number of hydrogen-bond acceptors (Lipinski definition) is 1. The lowest BCUT2D eigenvalue weighted by atomic mass is 10.2. The summed E-state index contributed by atoms with van der Waals surface area (Å²) >= 11 is 5.65. The van der Waals surface area contributed by atoms with Crippen LogP contribution in [0.5, 0.6) is 0 Å². The molecule has 14 heavy (non-hydrogen) atoms. The average molecular weight is 251 g/mol. The fourth-order valence-electron chi connectivity index (χ4n) is 0.758. The summed E-state index contributed by atoms with van der Waals surface area (Å²) in [6, 6.07) is 1.91. The Morgan fingerprint density at radius 2 is 1.71 bits per heavy atom. The molecule has 0 saturated carbocycles. The van der Waals surface area contributed by atoms with Gasteiger partial charge in [-0.3, -0.25) is 0 Å². The smallest absolute Gasteiger partial charge is 0.190 e. The van der Waals surface area contributed by atoms with Gasteiger partial charge in [0.05, 0.1) is 10.8 Å². The zero-order valence-electron chi connectivity index (χ0n) is 6.54. The summed E-state index contributed by atoms with van der Waals surface area (Å²) in [5, 5.41) is 0. The Morgan fingerprint density at radius 1 is 1.14 bits per heavy atom. The second-order valence-corrected chi connectivity index (χ2v) is 3.91. The van der Waals surface area contributed by atoms with Crippen molar-refractivity contribution in [2.45, 2.75) is 18.0 Å². The molecule has 0 saturated heterocycles. The van der Waals surface area contributed by atoms with E-state index in [0.717, 1.165) is 12.1 Å². The highest BCUT2D eigenvalue weighted by Gasteiger charge is 2.59. The maximum Gasteiger partial charge on any atom is 0.458 e. The van der Waals surface area contributed by atoms with Gasteiger partial charge < -0.3 is 0 Å². The van der Waals surface area contributed by atoms with Gasteiger partial charge in [0.2, 0.25) is 0 Å². The summed E-state index contributed by atoms with van der Waals surface area (Å²) in [7, 11) is 0. The third-order valence-corrected chi connectivity index (χ3v) is 3.06. The van der Waals surface area contributed by atoms with E-state index >= 15 is 0 Å². The molecular weight excluding hydrogens is 247 g/mol. The van der Waals surface area contributed by atoms with E-state index in [2.05, 4.69) is 0 Å². The van der Waals surface area contributed by atoms with Crippen molar-refractivity contribution >= 4 is 22.9 Å². The second kappa shape index (κ2) is 3.66. The molecule has 0 N–H and O–H groups in total. The van der Waals surface area contributed by atoms with Crippen LogP contribution in [0.25, 0.3) is 0 Å². The van der Waals surface area contributed by atoms with Gasteiger partial charge in [-0.1, -0.05) is 0 Å². The molecule has 0 aliphatic rings. The third kappa shape index (κ3) is 2.00. The topological polar surface area (TPSA) is 0 Å². The molecule has 0 fully saturated rings. The van der Waals surface area contributed by atoms with Crippen LogP contribution >= 0.6 is 22.9 Å². The number of halogens is 6. The Hall–Kier alpha value is -0.360. The van der Waals surface area contributed by atoms with Crippen molar-refractivity contribution in [1.82, 2.24) is 0 Å². The summed E-state index contributed by atoms with van der Waals surface area (Å²) in [5.41, 5.74) is 0. The van der Waals surface area contributed by atoms with Crippen molar-refractivity contribution in [3.05, 3.63) is 21.9 Å². The Kier molecular flexibility index (Phi) is 3.06. The van der Waals surface area contributed by atoms with Gasteiger partial charge >= 0.3 is 12.1 Å². The van der Waals surface area contributed by atoms with Crippen molar-refractivity contribution in [2.75, 3.05) is 0 Å². The number of alkyl halides is 6. The predicted octanol–water partition coefficient (Wildman–Crippen LogP) is 4.14.